The average Bonchev–Trinajstić information content (AvgIpc) is 3.32. The van der Waals surface area contributed by atoms with Crippen LogP contribution in [0.3, 0.4) is 0 Å². The lowest BCUT2D eigenvalue weighted by atomic mass is 10.00. The average molecular weight is 408 g/mol. The number of ether oxygens (including phenoxy) is 1. The Morgan fingerprint density at radius 2 is 1.78 bits per heavy atom. The molecule has 144 valence electrons. The molecule has 0 radical (unpaired) electrons. The van der Waals surface area contributed by atoms with Crippen LogP contribution in [-0.4, -0.2) is 31.9 Å². The van der Waals surface area contributed by atoms with Gasteiger partial charge in [0.25, 0.3) is 0 Å². The van der Waals surface area contributed by atoms with Crippen LogP contribution in [-0.2, 0) is 14.6 Å². The molecule has 0 heterocycles. The highest BCUT2D eigenvalue weighted by Crippen LogP contribution is 2.64. The number of hydrogen-bond donors (Lipinski definition) is 1. The van der Waals surface area contributed by atoms with Gasteiger partial charge in [0.05, 0.1) is 27.2 Å². The number of sulfone groups is 1. The monoisotopic (exact) mass is 407 g/mol. The molecule has 0 amide bonds. The van der Waals surface area contributed by atoms with Gasteiger partial charge in [-0.1, -0.05) is 42.0 Å². The van der Waals surface area contributed by atoms with Crippen molar-refractivity contribution in [1.29, 1.82) is 0 Å². The van der Waals surface area contributed by atoms with E-state index in [1.165, 1.54) is 12.1 Å². The third kappa shape index (κ3) is 3.39. The van der Waals surface area contributed by atoms with Crippen LogP contribution in [0.5, 0.6) is 0 Å². The number of thiocarbonyl (C=S) groups is 1. The maximum Gasteiger partial charge on any atom is 0.182 e. The molecular weight excluding hydrogens is 385 g/mol. The molecule has 2 aromatic rings. The zero-order valence-corrected chi connectivity index (χ0v) is 16.8. The van der Waals surface area contributed by atoms with E-state index in [1.54, 1.807) is 36.4 Å². The van der Waals surface area contributed by atoms with Gasteiger partial charge < -0.3 is 10.5 Å². The molecule has 2 aromatic carbocycles. The van der Waals surface area contributed by atoms with E-state index >= 15 is 0 Å². The Balaban J connectivity index is 2.10. The molecule has 1 saturated carbocycles. The number of aryl methyl sites for hydroxylation is 1. The van der Waals surface area contributed by atoms with Gasteiger partial charge in [0.1, 0.15) is 5.82 Å². The first kappa shape index (κ1) is 19.9. The minimum atomic E-state index is -3.71. The van der Waals surface area contributed by atoms with Crippen LogP contribution in [0.15, 0.2) is 53.4 Å². The Hall–Kier alpha value is -1.83. The van der Waals surface area contributed by atoms with Crippen LogP contribution in [0.1, 0.15) is 24.0 Å². The summed E-state index contributed by atoms with van der Waals surface area (Å²) in [6.45, 7) is 4.24. The molecule has 1 aliphatic carbocycles. The van der Waals surface area contributed by atoms with Crippen molar-refractivity contribution in [3.05, 3.63) is 65.5 Å². The van der Waals surface area contributed by atoms with Crippen molar-refractivity contribution < 1.29 is 17.5 Å². The molecule has 0 unspecified atom stereocenters. The lowest BCUT2D eigenvalue weighted by Gasteiger charge is -2.17. The van der Waals surface area contributed by atoms with Crippen molar-refractivity contribution in [2.45, 2.75) is 29.9 Å². The van der Waals surface area contributed by atoms with Crippen LogP contribution < -0.4 is 5.73 Å². The van der Waals surface area contributed by atoms with E-state index in [0.717, 1.165) is 5.56 Å². The third-order valence-corrected chi connectivity index (χ3v) is 7.84. The maximum atomic E-state index is 13.4. The smallest absolute Gasteiger partial charge is 0.182 e. The number of rotatable bonds is 7. The second-order valence-electron chi connectivity index (χ2n) is 6.85. The molecule has 3 atom stereocenters. The molecule has 4 nitrogen and oxygen atoms in total. The van der Waals surface area contributed by atoms with Crippen LogP contribution in [0.2, 0.25) is 0 Å². The molecule has 1 fully saturated rings. The van der Waals surface area contributed by atoms with Crippen molar-refractivity contribution in [2.75, 3.05) is 13.2 Å². The Morgan fingerprint density at radius 1 is 1.19 bits per heavy atom. The number of benzene rings is 2. The van der Waals surface area contributed by atoms with Gasteiger partial charge >= 0.3 is 0 Å². The molecule has 0 aliphatic heterocycles. The van der Waals surface area contributed by atoms with E-state index in [1.807, 2.05) is 13.8 Å². The van der Waals surface area contributed by atoms with Crippen LogP contribution in [0.25, 0.3) is 0 Å². The minimum Gasteiger partial charge on any atom is -0.393 e. The summed E-state index contributed by atoms with van der Waals surface area (Å²) in [4.78, 5) is 0.325. The van der Waals surface area contributed by atoms with Crippen molar-refractivity contribution in [3.63, 3.8) is 0 Å². The molecule has 1 aliphatic rings. The van der Waals surface area contributed by atoms with Gasteiger partial charge in [-0.05, 0) is 43.7 Å². The second-order valence-corrected chi connectivity index (χ2v) is 9.36. The van der Waals surface area contributed by atoms with Gasteiger partial charge in [0, 0.05) is 12.5 Å². The van der Waals surface area contributed by atoms with Gasteiger partial charge in [0.15, 0.2) is 9.84 Å². The van der Waals surface area contributed by atoms with Crippen molar-refractivity contribution in [1.82, 2.24) is 0 Å². The van der Waals surface area contributed by atoms with Gasteiger partial charge in [-0.15, -0.1) is 0 Å². The van der Waals surface area contributed by atoms with Crippen LogP contribution >= 0.6 is 12.2 Å². The van der Waals surface area contributed by atoms with E-state index in [2.05, 4.69) is 0 Å². The molecule has 0 spiro atoms. The van der Waals surface area contributed by atoms with Crippen LogP contribution in [0.4, 0.5) is 4.39 Å². The number of hydrogen-bond acceptors (Lipinski definition) is 4. The zero-order valence-electron chi connectivity index (χ0n) is 15.2. The molecule has 27 heavy (non-hydrogen) atoms. The highest BCUT2D eigenvalue weighted by Gasteiger charge is 2.73. The topological polar surface area (TPSA) is 69.4 Å². The lowest BCUT2D eigenvalue weighted by Crippen LogP contribution is -2.33. The molecule has 0 saturated heterocycles. The first-order valence-electron chi connectivity index (χ1n) is 8.69. The van der Waals surface area contributed by atoms with E-state index in [4.69, 9.17) is 22.7 Å². The molecule has 0 aromatic heterocycles. The molecule has 7 heteroatoms. The van der Waals surface area contributed by atoms with Crippen molar-refractivity contribution in [3.8, 4) is 0 Å². The quantitative estimate of drug-likeness (QED) is 0.713. The SMILES string of the molecule is CCOC[C@]1(C(N)=S)[C@H](c2ccc(F)cc2)[C@@H]1S(=O)(=O)c1ccc(C)cc1. The van der Waals surface area contributed by atoms with E-state index < -0.39 is 26.4 Å². The highest BCUT2D eigenvalue weighted by atomic mass is 32.2. The third-order valence-electron chi connectivity index (χ3n) is 5.17. The summed E-state index contributed by atoms with van der Waals surface area (Å²) >= 11 is 5.29. The summed E-state index contributed by atoms with van der Waals surface area (Å²) < 4.78 is 45.7. The summed E-state index contributed by atoms with van der Waals surface area (Å²) in [7, 11) is -3.71. The minimum absolute atomic E-state index is 0.103. The van der Waals surface area contributed by atoms with Crippen molar-refractivity contribution >= 4 is 27.0 Å². The Labute approximate surface area is 164 Å². The molecule has 2 N–H and O–H groups in total. The van der Waals surface area contributed by atoms with Gasteiger partial charge in [-0.3, -0.25) is 0 Å². The maximum absolute atomic E-state index is 13.4. The zero-order chi connectivity index (χ0) is 19.8. The summed E-state index contributed by atoms with van der Waals surface area (Å²) in [6, 6.07) is 12.5. The molecule has 3 rings (SSSR count). The summed E-state index contributed by atoms with van der Waals surface area (Å²) in [5.41, 5.74) is 6.68. The Kier molecular flexibility index (Phi) is 5.38. The second kappa shape index (κ2) is 7.30. The van der Waals surface area contributed by atoms with E-state index in [0.29, 0.717) is 12.2 Å². The normalized spacial score (nSPS) is 24.6. The van der Waals surface area contributed by atoms with Gasteiger partial charge in [0.2, 0.25) is 0 Å². The molecular formula is C20H22FNO3S2. The first-order valence-corrected chi connectivity index (χ1v) is 10.6. The summed E-state index contributed by atoms with van der Waals surface area (Å²) in [5, 5.41) is -0.845. The Morgan fingerprint density at radius 3 is 2.30 bits per heavy atom. The van der Waals surface area contributed by atoms with Crippen molar-refractivity contribution in [2.24, 2.45) is 11.1 Å². The summed E-state index contributed by atoms with van der Waals surface area (Å²) in [5.74, 6) is -0.864. The summed E-state index contributed by atoms with van der Waals surface area (Å²) in [6.07, 6.45) is 0. The fourth-order valence-electron chi connectivity index (χ4n) is 3.69. The van der Waals surface area contributed by atoms with Gasteiger partial charge in [-0.25, -0.2) is 12.8 Å². The largest absolute Gasteiger partial charge is 0.393 e. The van der Waals surface area contributed by atoms with E-state index in [-0.39, 0.29) is 22.3 Å². The van der Waals surface area contributed by atoms with Crippen LogP contribution in [0, 0.1) is 18.2 Å². The fourth-order valence-corrected chi connectivity index (χ4v) is 6.46. The van der Waals surface area contributed by atoms with E-state index in [9.17, 15) is 12.8 Å². The first-order chi connectivity index (χ1) is 12.7. The van der Waals surface area contributed by atoms with Gasteiger partial charge in [-0.2, -0.15) is 0 Å². The molecule has 0 bridgehead atoms. The lowest BCUT2D eigenvalue weighted by molar-refractivity contribution is 0.121. The highest BCUT2D eigenvalue weighted by molar-refractivity contribution is 7.92. The fraction of sp³-hybridized carbons (Fsp3) is 0.350. The number of nitrogens with two attached hydrogens (primary N) is 1. The predicted octanol–water partition coefficient (Wildman–Crippen LogP) is 3.38. The standard InChI is InChI=1S/C20H22FNO3S2/c1-3-25-12-20(19(22)26)17(14-6-8-15(21)9-7-14)18(20)27(23,24)16-10-4-13(2)5-11-16/h4-11,17-18H,3,12H2,1-2H3,(H2,22,26)/t17-,18+,20+/m1/s1. The number of halogens is 1. The predicted molar refractivity (Wildman–Crippen MR) is 107 cm³/mol. The Bertz CT molecular complexity index is 942.